The number of aryl methyl sites for hydroxylation is 1. The minimum atomic E-state index is -0.247. The Hall–Kier alpha value is -2.00. The molecule has 0 amide bonds. The lowest BCUT2D eigenvalue weighted by Crippen LogP contribution is -2.35. The van der Waals surface area contributed by atoms with Crippen molar-refractivity contribution in [3.8, 4) is 11.5 Å². The summed E-state index contributed by atoms with van der Waals surface area (Å²) in [6.07, 6.45) is 2.89. The van der Waals surface area contributed by atoms with Crippen LogP contribution in [0.15, 0.2) is 48.5 Å². The van der Waals surface area contributed by atoms with Crippen LogP contribution in [0.3, 0.4) is 0 Å². The van der Waals surface area contributed by atoms with E-state index in [1.54, 1.807) is 7.11 Å². The molecule has 0 spiro atoms. The standard InChI is InChI=1S/C18H21NO2/c1-20-15-6-8-16(9-7-15)21-13-12-18(19)11-10-14-4-2-3-5-17(14)18/h2-9H,10-13,19H2,1H3. The van der Waals surface area contributed by atoms with Gasteiger partial charge in [-0.25, -0.2) is 0 Å². The second-order valence-corrected chi connectivity index (χ2v) is 5.59. The number of hydrogen-bond donors (Lipinski definition) is 1. The molecule has 1 aliphatic carbocycles. The fraction of sp³-hybridized carbons (Fsp3) is 0.333. The topological polar surface area (TPSA) is 44.5 Å². The van der Waals surface area contributed by atoms with E-state index in [0.29, 0.717) is 6.61 Å². The van der Waals surface area contributed by atoms with Crippen LogP contribution in [0.4, 0.5) is 0 Å². The molecule has 0 heterocycles. The third kappa shape index (κ3) is 2.88. The third-order valence-electron chi connectivity index (χ3n) is 4.27. The van der Waals surface area contributed by atoms with Gasteiger partial charge in [-0.3, -0.25) is 0 Å². The Morgan fingerprint density at radius 1 is 1.05 bits per heavy atom. The van der Waals surface area contributed by atoms with Gasteiger partial charge in [0, 0.05) is 12.0 Å². The predicted molar refractivity (Wildman–Crippen MR) is 83.7 cm³/mol. The van der Waals surface area contributed by atoms with Gasteiger partial charge in [-0.2, -0.15) is 0 Å². The Kier molecular flexibility index (Phi) is 3.84. The van der Waals surface area contributed by atoms with E-state index in [4.69, 9.17) is 15.2 Å². The quantitative estimate of drug-likeness (QED) is 0.916. The maximum absolute atomic E-state index is 6.58. The zero-order valence-electron chi connectivity index (χ0n) is 12.3. The largest absolute Gasteiger partial charge is 0.497 e. The summed E-state index contributed by atoms with van der Waals surface area (Å²) in [6.45, 7) is 0.622. The van der Waals surface area contributed by atoms with E-state index in [0.717, 1.165) is 30.8 Å². The Morgan fingerprint density at radius 3 is 2.52 bits per heavy atom. The van der Waals surface area contributed by atoms with Crippen molar-refractivity contribution >= 4 is 0 Å². The molecule has 1 atom stereocenters. The maximum atomic E-state index is 6.58. The van der Waals surface area contributed by atoms with Crippen molar-refractivity contribution in [2.24, 2.45) is 5.73 Å². The summed E-state index contributed by atoms with van der Waals surface area (Å²) in [4.78, 5) is 0. The highest BCUT2D eigenvalue weighted by molar-refractivity contribution is 5.38. The Labute approximate surface area is 125 Å². The average Bonchev–Trinajstić information content (AvgIpc) is 2.86. The number of rotatable bonds is 5. The Balaban J connectivity index is 1.60. The summed E-state index contributed by atoms with van der Waals surface area (Å²) in [6, 6.07) is 16.1. The number of hydrogen-bond acceptors (Lipinski definition) is 3. The lowest BCUT2D eigenvalue weighted by atomic mass is 9.90. The van der Waals surface area contributed by atoms with Crippen LogP contribution in [-0.4, -0.2) is 13.7 Å². The van der Waals surface area contributed by atoms with Gasteiger partial charge in [0.1, 0.15) is 11.5 Å². The van der Waals surface area contributed by atoms with Gasteiger partial charge in [-0.15, -0.1) is 0 Å². The third-order valence-corrected chi connectivity index (χ3v) is 4.27. The van der Waals surface area contributed by atoms with Crippen LogP contribution < -0.4 is 15.2 Å². The van der Waals surface area contributed by atoms with Gasteiger partial charge in [0.15, 0.2) is 0 Å². The van der Waals surface area contributed by atoms with Gasteiger partial charge in [-0.05, 0) is 48.2 Å². The summed E-state index contributed by atoms with van der Waals surface area (Å²) in [5, 5.41) is 0. The van der Waals surface area contributed by atoms with E-state index in [1.807, 2.05) is 24.3 Å². The van der Waals surface area contributed by atoms with Crippen molar-refractivity contribution in [3.05, 3.63) is 59.7 Å². The average molecular weight is 283 g/mol. The molecular formula is C18H21NO2. The Bertz CT molecular complexity index is 609. The SMILES string of the molecule is COc1ccc(OCCC2(N)CCc3ccccc32)cc1. The number of fused-ring (bicyclic) bond motifs is 1. The molecule has 0 aromatic heterocycles. The molecule has 0 radical (unpaired) electrons. The molecule has 0 saturated heterocycles. The molecule has 0 saturated carbocycles. The number of benzene rings is 2. The van der Waals surface area contributed by atoms with E-state index in [9.17, 15) is 0 Å². The van der Waals surface area contributed by atoms with Crippen LogP contribution in [0.25, 0.3) is 0 Å². The van der Waals surface area contributed by atoms with Crippen LogP contribution in [0.5, 0.6) is 11.5 Å². The fourth-order valence-electron chi connectivity index (χ4n) is 3.00. The van der Waals surface area contributed by atoms with Crippen molar-refractivity contribution in [2.75, 3.05) is 13.7 Å². The van der Waals surface area contributed by atoms with Gasteiger partial charge >= 0.3 is 0 Å². The zero-order valence-corrected chi connectivity index (χ0v) is 12.3. The van der Waals surface area contributed by atoms with Gasteiger partial charge in [0.25, 0.3) is 0 Å². The molecule has 3 heteroatoms. The molecule has 2 aromatic rings. The summed E-state index contributed by atoms with van der Waals surface area (Å²) in [5.41, 5.74) is 8.99. The highest BCUT2D eigenvalue weighted by Gasteiger charge is 2.34. The smallest absolute Gasteiger partial charge is 0.119 e. The number of methoxy groups -OCH3 is 1. The number of ether oxygens (including phenoxy) is 2. The summed E-state index contributed by atoms with van der Waals surface area (Å²) < 4.78 is 10.9. The van der Waals surface area contributed by atoms with Crippen molar-refractivity contribution in [3.63, 3.8) is 0 Å². The van der Waals surface area contributed by atoms with Crippen LogP contribution in [0.2, 0.25) is 0 Å². The Morgan fingerprint density at radius 2 is 1.76 bits per heavy atom. The van der Waals surface area contributed by atoms with Gasteiger partial charge < -0.3 is 15.2 Å². The first-order valence-corrected chi connectivity index (χ1v) is 7.35. The molecule has 1 unspecified atom stereocenters. The molecule has 1 aliphatic rings. The van der Waals surface area contributed by atoms with E-state index in [-0.39, 0.29) is 5.54 Å². The van der Waals surface area contributed by atoms with Gasteiger partial charge in [0.2, 0.25) is 0 Å². The molecule has 3 rings (SSSR count). The van der Waals surface area contributed by atoms with Crippen molar-refractivity contribution < 1.29 is 9.47 Å². The highest BCUT2D eigenvalue weighted by Crippen LogP contribution is 2.37. The second kappa shape index (κ2) is 5.78. The minimum Gasteiger partial charge on any atom is -0.497 e. The first-order valence-electron chi connectivity index (χ1n) is 7.35. The van der Waals surface area contributed by atoms with Gasteiger partial charge in [0.05, 0.1) is 13.7 Å². The van der Waals surface area contributed by atoms with E-state index in [2.05, 4.69) is 24.3 Å². The summed E-state index contributed by atoms with van der Waals surface area (Å²) in [5.74, 6) is 1.69. The molecular weight excluding hydrogens is 262 g/mol. The van der Waals surface area contributed by atoms with Crippen LogP contribution >= 0.6 is 0 Å². The van der Waals surface area contributed by atoms with Crippen molar-refractivity contribution in [1.82, 2.24) is 0 Å². The highest BCUT2D eigenvalue weighted by atomic mass is 16.5. The molecule has 110 valence electrons. The van der Waals surface area contributed by atoms with Crippen LogP contribution in [0, 0.1) is 0 Å². The molecule has 21 heavy (non-hydrogen) atoms. The van der Waals surface area contributed by atoms with Gasteiger partial charge in [-0.1, -0.05) is 24.3 Å². The lowest BCUT2D eigenvalue weighted by Gasteiger charge is -2.25. The van der Waals surface area contributed by atoms with Crippen LogP contribution in [0.1, 0.15) is 24.0 Å². The first-order chi connectivity index (χ1) is 10.2. The number of nitrogens with two attached hydrogens (primary N) is 1. The minimum absolute atomic E-state index is 0.247. The van der Waals surface area contributed by atoms with E-state index in [1.165, 1.54) is 11.1 Å². The fourth-order valence-corrected chi connectivity index (χ4v) is 3.00. The molecule has 0 aliphatic heterocycles. The van der Waals surface area contributed by atoms with E-state index < -0.39 is 0 Å². The van der Waals surface area contributed by atoms with Crippen molar-refractivity contribution in [1.29, 1.82) is 0 Å². The predicted octanol–water partition coefficient (Wildman–Crippen LogP) is 3.26. The molecule has 0 fully saturated rings. The molecule has 2 N–H and O–H groups in total. The summed E-state index contributed by atoms with van der Waals surface area (Å²) >= 11 is 0. The molecule has 3 nitrogen and oxygen atoms in total. The van der Waals surface area contributed by atoms with E-state index >= 15 is 0 Å². The molecule has 2 aromatic carbocycles. The zero-order chi connectivity index (χ0) is 14.7. The first kappa shape index (κ1) is 14.0. The van der Waals surface area contributed by atoms with Crippen molar-refractivity contribution in [2.45, 2.75) is 24.8 Å². The molecule has 0 bridgehead atoms. The van der Waals surface area contributed by atoms with Crippen LogP contribution in [-0.2, 0) is 12.0 Å². The summed E-state index contributed by atoms with van der Waals surface area (Å²) in [7, 11) is 1.66. The monoisotopic (exact) mass is 283 g/mol. The maximum Gasteiger partial charge on any atom is 0.119 e. The second-order valence-electron chi connectivity index (χ2n) is 5.59. The lowest BCUT2D eigenvalue weighted by molar-refractivity contribution is 0.256. The normalized spacial score (nSPS) is 20.1.